The van der Waals surface area contributed by atoms with Crippen LogP contribution in [0.25, 0.3) is 0 Å². The molecular formula is C12H21ClO. The average Bonchev–Trinajstić information content (AvgIpc) is 2.02. The standard InChI is InChI=1S/C12H21ClO/c1-12(2,3)10(11(13)14)9-7-5-4-6-8-9/h9-10H,4-8H2,1-3H3. The summed E-state index contributed by atoms with van der Waals surface area (Å²) in [5.41, 5.74) is 0.0147. The van der Waals surface area contributed by atoms with Gasteiger partial charge in [-0.15, -0.1) is 0 Å². The molecule has 0 radical (unpaired) electrons. The molecule has 1 nitrogen and oxygen atoms in total. The van der Waals surface area contributed by atoms with Gasteiger partial charge >= 0.3 is 0 Å². The molecule has 0 aliphatic heterocycles. The minimum atomic E-state index is -0.135. The first-order valence-corrected chi connectivity index (χ1v) is 6.00. The van der Waals surface area contributed by atoms with Crippen molar-refractivity contribution < 1.29 is 4.79 Å². The molecule has 82 valence electrons. The summed E-state index contributed by atoms with van der Waals surface area (Å²) in [6, 6.07) is 0. The molecule has 0 aromatic rings. The van der Waals surface area contributed by atoms with E-state index in [9.17, 15) is 4.79 Å². The summed E-state index contributed by atoms with van der Waals surface area (Å²) < 4.78 is 0. The maximum atomic E-state index is 11.5. The van der Waals surface area contributed by atoms with Crippen LogP contribution in [-0.4, -0.2) is 5.24 Å². The van der Waals surface area contributed by atoms with Crippen molar-refractivity contribution in [3.05, 3.63) is 0 Å². The Morgan fingerprint density at radius 3 is 2.07 bits per heavy atom. The first kappa shape index (κ1) is 12.0. The lowest BCUT2D eigenvalue weighted by Crippen LogP contribution is -2.34. The smallest absolute Gasteiger partial charge is 0.225 e. The Kier molecular flexibility index (Phi) is 4.00. The Bertz CT molecular complexity index is 199. The number of rotatable bonds is 2. The molecule has 14 heavy (non-hydrogen) atoms. The Morgan fingerprint density at radius 2 is 1.71 bits per heavy atom. The van der Waals surface area contributed by atoms with Crippen LogP contribution in [0.2, 0.25) is 0 Å². The lowest BCUT2D eigenvalue weighted by Gasteiger charge is -2.36. The van der Waals surface area contributed by atoms with Gasteiger partial charge < -0.3 is 0 Å². The van der Waals surface area contributed by atoms with Crippen molar-refractivity contribution >= 4 is 16.8 Å². The van der Waals surface area contributed by atoms with Crippen LogP contribution in [0.15, 0.2) is 0 Å². The zero-order valence-corrected chi connectivity index (χ0v) is 10.2. The van der Waals surface area contributed by atoms with Crippen LogP contribution in [0.1, 0.15) is 52.9 Å². The van der Waals surface area contributed by atoms with Crippen molar-refractivity contribution in [1.29, 1.82) is 0 Å². The van der Waals surface area contributed by atoms with Gasteiger partial charge in [0.1, 0.15) is 0 Å². The monoisotopic (exact) mass is 216 g/mol. The van der Waals surface area contributed by atoms with Gasteiger partial charge in [0.05, 0.1) is 0 Å². The molecule has 0 N–H and O–H groups in total. The van der Waals surface area contributed by atoms with Gasteiger partial charge in [-0.1, -0.05) is 40.0 Å². The minimum Gasteiger partial charge on any atom is -0.281 e. The number of carbonyl (C=O) groups excluding carboxylic acids is 1. The van der Waals surface area contributed by atoms with Gasteiger partial charge in [0, 0.05) is 5.92 Å². The van der Waals surface area contributed by atoms with Gasteiger partial charge in [0.15, 0.2) is 0 Å². The highest BCUT2D eigenvalue weighted by Crippen LogP contribution is 2.40. The highest BCUT2D eigenvalue weighted by atomic mass is 35.5. The van der Waals surface area contributed by atoms with E-state index in [4.69, 9.17) is 11.6 Å². The van der Waals surface area contributed by atoms with Crippen LogP contribution in [0, 0.1) is 17.3 Å². The van der Waals surface area contributed by atoms with Crippen molar-refractivity contribution in [3.63, 3.8) is 0 Å². The SMILES string of the molecule is CC(C)(C)C(C(=O)Cl)C1CCCCC1. The van der Waals surface area contributed by atoms with E-state index < -0.39 is 0 Å². The van der Waals surface area contributed by atoms with Crippen LogP contribution < -0.4 is 0 Å². The minimum absolute atomic E-state index is 0.0147. The molecule has 0 aromatic heterocycles. The van der Waals surface area contributed by atoms with Crippen molar-refractivity contribution in [3.8, 4) is 0 Å². The molecule has 0 bridgehead atoms. The summed E-state index contributed by atoms with van der Waals surface area (Å²) in [6.07, 6.45) is 6.22. The highest BCUT2D eigenvalue weighted by Gasteiger charge is 2.37. The molecule has 0 aromatic carbocycles. The van der Waals surface area contributed by atoms with Crippen LogP contribution in [-0.2, 0) is 4.79 Å². The van der Waals surface area contributed by atoms with Crippen LogP contribution in [0.4, 0.5) is 0 Å². The Hall–Kier alpha value is -0.0400. The fourth-order valence-corrected chi connectivity index (χ4v) is 3.21. The summed E-state index contributed by atoms with van der Waals surface area (Å²) in [5.74, 6) is 0.568. The summed E-state index contributed by atoms with van der Waals surface area (Å²) in [6.45, 7) is 6.35. The molecule has 1 atom stereocenters. The number of hydrogen-bond acceptors (Lipinski definition) is 1. The molecule has 1 fully saturated rings. The van der Waals surface area contributed by atoms with Gasteiger partial charge in [0.25, 0.3) is 0 Å². The zero-order valence-electron chi connectivity index (χ0n) is 9.48. The van der Waals surface area contributed by atoms with Gasteiger partial charge in [0.2, 0.25) is 5.24 Å². The highest BCUT2D eigenvalue weighted by molar-refractivity contribution is 6.64. The Labute approximate surface area is 92.2 Å². The molecule has 1 rings (SSSR count). The van der Waals surface area contributed by atoms with E-state index in [0.717, 1.165) is 0 Å². The molecule has 0 heterocycles. The van der Waals surface area contributed by atoms with Crippen LogP contribution in [0.3, 0.4) is 0 Å². The quantitative estimate of drug-likeness (QED) is 0.638. The second-order valence-electron chi connectivity index (χ2n) is 5.55. The van der Waals surface area contributed by atoms with Crippen LogP contribution >= 0.6 is 11.6 Å². The van der Waals surface area contributed by atoms with Gasteiger partial charge in [-0.2, -0.15) is 0 Å². The first-order chi connectivity index (χ1) is 6.43. The number of halogens is 1. The molecule has 1 unspecified atom stereocenters. The van der Waals surface area contributed by atoms with E-state index in [1.807, 2.05) is 0 Å². The fourth-order valence-electron chi connectivity index (χ4n) is 2.70. The molecule has 1 aliphatic rings. The van der Waals surface area contributed by atoms with Crippen LogP contribution in [0.5, 0.6) is 0 Å². The largest absolute Gasteiger partial charge is 0.281 e. The van der Waals surface area contributed by atoms with E-state index in [1.54, 1.807) is 0 Å². The lowest BCUT2D eigenvalue weighted by molar-refractivity contribution is -0.120. The predicted octanol–water partition coefficient (Wildman–Crippen LogP) is 3.99. The van der Waals surface area contributed by atoms with E-state index in [1.165, 1.54) is 32.1 Å². The normalized spacial score (nSPS) is 22.0. The molecule has 0 amide bonds. The lowest BCUT2D eigenvalue weighted by atomic mass is 9.69. The predicted molar refractivity (Wildman–Crippen MR) is 60.4 cm³/mol. The second kappa shape index (κ2) is 4.65. The maximum Gasteiger partial charge on any atom is 0.225 e. The van der Waals surface area contributed by atoms with Crippen molar-refractivity contribution in [2.75, 3.05) is 0 Å². The van der Waals surface area contributed by atoms with Gasteiger partial charge in [-0.3, -0.25) is 4.79 Å². The van der Waals surface area contributed by atoms with Crippen molar-refractivity contribution in [2.45, 2.75) is 52.9 Å². The topological polar surface area (TPSA) is 17.1 Å². The third-order valence-corrected chi connectivity index (χ3v) is 3.53. The molecular weight excluding hydrogens is 196 g/mol. The van der Waals surface area contributed by atoms with E-state index in [2.05, 4.69) is 20.8 Å². The van der Waals surface area contributed by atoms with Crippen molar-refractivity contribution in [2.24, 2.45) is 17.3 Å². The first-order valence-electron chi connectivity index (χ1n) is 5.62. The fraction of sp³-hybridized carbons (Fsp3) is 0.917. The average molecular weight is 217 g/mol. The molecule has 2 heteroatoms. The molecule has 0 saturated heterocycles. The number of hydrogen-bond donors (Lipinski definition) is 0. The molecule has 1 aliphatic carbocycles. The summed E-state index contributed by atoms with van der Waals surface area (Å²) in [5, 5.41) is -0.135. The molecule has 1 saturated carbocycles. The summed E-state index contributed by atoms with van der Waals surface area (Å²) in [7, 11) is 0. The molecule has 0 spiro atoms. The summed E-state index contributed by atoms with van der Waals surface area (Å²) in [4.78, 5) is 11.5. The third-order valence-electron chi connectivity index (χ3n) is 3.30. The summed E-state index contributed by atoms with van der Waals surface area (Å²) >= 11 is 5.72. The van der Waals surface area contributed by atoms with E-state index in [0.29, 0.717) is 5.92 Å². The van der Waals surface area contributed by atoms with Gasteiger partial charge in [-0.05, 0) is 35.8 Å². The zero-order chi connectivity index (χ0) is 10.8. The van der Waals surface area contributed by atoms with E-state index in [-0.39, 0.29) is 16.6 Å². The Balaban J connectivity index is 2.71. The van der Waals surface area contributed by atoms with E-state index >= 15 is 0 Å². The second-order valence-corrected chi connectivity index (χ2v) is 5.92. The third kappa shape index (κ3) is 2.98. The maximum absolute atomic E-state index is 11.5. The Morgan fingerprint density at radius 1 is 1.21 bits per heavy atom. The number of carbonyl (C=O) groups is 1. The van der Waals surface area contributed by atoms with Crippen molar-refractivity contribution in [1.82, 2.24) is 0 Å². The van der Waals surface area contributed by atoms with Gasteiger partial charge in [-0.25, -0.2) is 0 Å².